The SMILES string of the molecule is COc1cc(NC(=O)CCN(c2ccc(C)cc2)C(C)C)cc(OC)c1OC. The van der Waals surface area contributed by atoms with Gasteiger partial charge in [-0.1, -0.05) is 17.7 Å². The predicted molar refractivity (Wildman–Crippen MR) is 113 cm³/mol. The minimum atomic E-state index is -0.0768. The molecule has 2 aromatic rings. The minimum absolute atomic E-state index is 0.0768. The summed E-state index contributed by atoms with van der Waals surface area (Å²) in [6, 6.07) is 12.1. The Bertz CT molecular complexity index is 763. The number of benzene rings is 2. The van der Waals surface area contributed by atoms with Gasteiger partial charge in [-0.05, 0) is 32.9 Å². The number of methoxy groups -OCH3 is 3. The van der Waals surface area contributed by atoms with Gasteiger partial charge in [-0.2, -0.15) is 0 Å². The van der Waals surface area contributed by atoms with Crippen LogP contribution in [0.25, 0.3) is 0 Å². The zero-order valence-electron chi connectivity index (χ0n) is 17.5. The van der Waals surface area contributed by atoms with Crippen LogP contribution in [0.4, 0.5) is 11.4 Å². The summed E-state index contributed by atoms with van der Waals surface area (Å²) in [5, 5.41) is 2.92. The van der Waals surface area contributed by atoms with E-state index in [1.807, 2.05) is 0 Å². The molecule has 2 rings (SSSR count). The van der Waals surface area contributed by atoms with E-state index >= 15 is 0 Å². The van der Waals surface area contributed by atoms with Gasteiger partial charge in [-0.3, -0.25) is 4.79 Å². The lowest BCUT2D eigenvalue weighted by Gasteiger charge is -2.29. The topological polar surface area (TPSA) is 60.0 Å². The minimum Gasteiger partial charge on any atom is -0.493 e. The van der Waals surface area contributed by atoms with Gasteiger partial charge in [-0.15, -0.1) is 0 Å². The highest BCUT2D eigenvalue weighted by atomic mass is 16.5. The number of nitrogens with zero attached hydrogens (tertiary/aromatic N) is 1. The Morgan fingerprint density at radius 3 is 2.04 bits per heavy atom. The largest absolute Gasteiger partial charge is 0.493 e. The molecule has 0 radical (unpaired) electrons. The molecule has 0 unspecified atom stereocenters. The number of carbonyl (C=O) groups excluding carboxylic acids is 1. The predicted octanol–water partition coefficient (Wildman–Crippen LogP) is 4.26. The Hall–Kier alpha value is -2.89. The lowest BCUT2D eigenvalue weighted by atomic mass is 10.1. The van der Waals surface area contributed by atoms with E-state index in [9.17, 15) is 4.79 Å². The van der Waals surface area contributed by atoms with E-state index in [0.717, 1.165) is 5.69 Å². The Kier molecular flexibility index (Phi) is 7.55. The zero-order valence-corrected chi connectivity index (χ0v) is 17.5. The molecule has 1 N–H and O–H groups in total. The highest BCUT2D eigenvalue weighted by molar-refractivity contribution is 5.92. The van der Waals surface area contributed by atoms with Crippen molar-refractivity contribution in [3.8, 4) is 17.2 Å². The number of nitrogens with one attached hydrogen (secondary N) is 1. The van der Waals surface area contributed by atoms with Gasteiger partial charge >= 0.3 is 0 Å². The summed E-state index contributed by atoms with van der Waals surface area (Å²) in [7, 11) is 4.64. The summed E-state index contributed by atoms with van der Waals surface area (Å²) < 4.78 is 16.0. The molecule has 0 aliphatic heterocycles. The zero-order chi connectivity index (χ0) is 20.7. The van der Waals surface area contributed by atoms with Crippen LogP contribution in [0.1, 0.15) is 25.8 Å². The molecule has 0 saturated carbocycles. The van der Waals surface area contributed by atoms with Crippen molar-refractivity contribution < 1.29 is 19.0 Å². The van der Waals surface area contributed by atoms with Gasteiger partial charge in [0.05, 0.1) is 21.3 Å². The van der Waals surface area contributed by atoms with Crippen LogP contribution in [0.15, 0.2) is 36.4 Å². The molecule has 0 bridgehead atoms. The fourth-order valence-corrected chi connectivity index (χ4v) is 3.02. The van der Waals surface area contributed by atoms with Crippen LogP contribution in [-0.2, 0) is 4.79 Å². The van der Waals surface area contributed by atoms with Crippen molar-refractivity contribution in [2.75, 3.05) is 38.1 Å². The van der Waals surface area contributed by atoms with Gasteiger partial charge in [0, 0.05) is 42.5 Å². The van der Waals surface area contributed by atoms with E-state index < -0.39 is 0 Å². The molecular weight excluding hydrogens is 356 g/mol. The summed E-state index contributed by atoms with van der Waals surface area (Å²) in [6.07, 6.45) is 0.364. The molecule has 0 heterocycles. The summed E-state index contributed by atoms with van der Waals surface area (Å²) >= 11 is 0. The maximum Gasteiger partial charge on any atom is 0.226 e. The van der Waals surface area contributed by atoms with Gasteiger partial charge in [-0.25, -0.2) is 0 Å². The van der Waals surface area contributed by atoms with Crippen LogP contribution < -0.4 is 24.4 Å². The number of ether oxygens (including phenoxy) is 3. The lowest BCUT2D eigenvalue weighted by molar-refractivity contribution is -0.116. The van der Waals surface area contributed by atoms with Crippen molar-refractivity contribution in [3.63, 3.8) is 0 Å². The molecule has 28 heavy (non-hydrogen) atoms. The lowest BCUT2D eigenvalue weighted by Crippen LogP contribution is -2.33. The Labute approximate surface area is 167 Å². The molecule has 2 aromatic carbocycles. The second-order valence-corrected chi connectivity index (χ2v) is 6.83. The second kappa shape index (κ2) is 9.88. The first-order chi connectivity index (χ1) is 13.4. The molecule has 0 spiro atoms. The van der Waals surface area contributed by atoms with E-state index in [2.05, 4.69) is 55.3 Å². The van der Waals surface area contributed by atoms with Crippen molar-refractivity contribution in [1.29, 1.82) is 0 Å². The van der Waals surface area contributed by atoms with Crippen LogP contribution in [0.5, 0.6) is 17.2 Å². The van der Waals surface area contributed by atoms with Crippen molar-refractivity contribution in [1.82, 2.24) is 0 Å². The molecular formula is C22H30N2O4. The third-order valence-electron chi connectivity index (χ3n) is 4.52. The Morgan fingerprint density at radius 1 is 1.00 bits per heavy atom. The normalized spacial score (nSPS) is 10.5. The standard InChI is InChI=1S/C22H30N2O4/c1-15(2)24(18-9-7-16(3)8-10-18)12-11-21(25)23-17-13-19(26-4)22(28-6)20(14-17)27-5/h7-10,13-15H,11-12H2,1-6H3,(H,23,25). The fourth-order valence-electron chi connectivity index (χ4n) is 3.02. The molecule has 0 atom stereocenters. The number of hydrogen-bond acceptors (Lipinski definition) is 5. The molecule has 0 aliphatic rings. The summed E-state index contributed by atoms with van der Waals surface area (Å²) in [5.74, 6) is 1.42. The molecule has 0 aromatic heterocycles. The quantitative estimate of drug-likeness (QED) is 0.698. The Balaban J connectivity index is 2.07. The van der Waals surface area contributed by atoms with Crippen LogP contribution >= 0.6 is 0 Å². The molecule has 0 aliphatic carbocycles. The van der Waals surface area contributed by atoms with E-state index in [1.165, 1.54) is 5.56 Å². The van der Waals surface area contributed by atoms with E-state index in [4.69, 9.17) is 14.2 Å². The molecule has 6 heteroatoms. The third-order valence-corrected chi connectivity index (χ3v) is 4.52. The van der Waals surface area contributed by atoms with Gasteiger partial charge < -0.3 is 24.4 Å². The van der Waals surface area contributed by atoms with E-state index in [1.54, 1.807) is 33.5 Å². The summed E-state index contributed by atoms with van der Waals surface area (Å²) in [5.41, 5.74) is 2.93. The number of amides is 1. The molecule has 1 amide bonds. The van der Waals surface area contributed by atoms with Crippen LogP contribution in [0, 0.1) is 6.92 Å². The Morgan fingerprint density at radius 2 is 1.57 bits per heavy atom. The maximum atomic E-state index is 12.5. The summed E-state index contributed by atoms with van der Waals surface area (Å²) in [4.78, 5) is 14.7. The fraction of sp³-hybridized carbons (Fsp3) is 0.409. The number of hydrogen-bond donors (Lipinski definition) is 1. The maximum absolute atomic E-state index is 12.5. The van der Waals surface area contributed by atoms with Gasteiger partial charge in [0.2, 0.25) is 11.7 Å². The number of anilines is 2. The molecule has 0 saturated heterocycles. The first-order valence-electron chi connectivity index (χ1n) is 9.32. The van der Waals surface area contributed by atoms with Gasteiger partial charge in [0.1, 0.15) is 0 Å². The molecule has 152 valence electrons. The van der Waals surface area contributed by atoms with Crippen molar-refractivity contribution in [3.05, 3.63) is 42.0 Å². The van der Waals surface area contributed by atoms with Crippen molar-refractivity contribution in [2.45, 2.75) is 33.2 Å². The number of carbonyl (C=O) groups is 1. The monoisotopic (exact) mass is 386 g/mol. The van der Waals surface area contributed by atoms with E-state index in [-0.39, 0.29) is 11.9 Å². The average molecular weight is 386 g/mol. The second-order valence-electron chi connectivity index (χ2n) is 6.83. The number of rotatable bonds is 9. The molecule has 6 nitrogen and oxygen atoms in total. The van der Waals surface area contributed by atoms with E-state index in [0.29, 0.717) is 35.9 Å². The van der Waals surface area contributed by atoms with Crippen molar-refractivity contribution in [2.24, 2.45) is 0 Å². The van der Waals surface area contributed by atoms with Crippen LogP contribution in [0.3, 0.4) is 0 Å². The first-order valence-corrected chi connectivity index (χ1v) is 9.32. The first kappa shape index (κ1) is 21.4. The van der Waals surface area contributed by atoms with Crippen molar-refractivity contribution >= 4 is 17.3 Å². The highest BCUT2D eigenvalue weighted by Gasteiger charge is 2.16. The summed E-state index contributed by atoms with van der Waals surface area (Å²) in [6.45, 7) is 6.93. The van der Waals surface area contributed by atoms with Gasteiger partial charge in [0.15, 0.2) is 11.5 Å². The van der Waals surface area contributed by atoms with Gasteiger partial charge in [0.25, 0.3) is 0 Å². The number of aryl methyl sites for hydroxylation is 1. The average Bonchev–Trinajstić information content (AvgIpc) is 2.68. The third kappa shape index (κ3) is 5.31. The van der Waals surface area contributed by atoms with Crippen LogP contribution in [-0.4, -0.2) is 39.8 Å². The van der Waals surface area contributed by atoms with Crippen LogP contribution in [0.2, 0.25) is 0 Å². The molecule has 0 fully saturated rings. The highest BCUT2D eigenvalue weighted by Crippen LogP contribution is 2.39. The smallest absolute Gasteiger partial charge is 0.226 e.